The fraction of sp³-hybridized carbons (Fsp3) is 0.810. The van der Waals surface area contributed by atoms with E-state index in [-0.39, 0.29) is 47.6 Å². The summed E-state index contributed by atoms with van der Waals surface area (Å²) in [6.45, 7) is 14.9. The molecule has 0 saturated carbocycles. The second kappa shape index (κ2) is 37.0. The molecule has 26 nitrogen and oxygen atoms in total. The summed E-state index contributed by atoms with van der Waals surface area (Å²) in [5.41, 5.74) is 55.7. The summed E-state index contributed by atoms with van der Waals surface area (Å²) < 4.78 is 0. The van der Waals surface area contributed by atoms with Crippen LogP contribution in [0.2, 0.25) is 0 Å². The first-order valence-electron chi connectivity index (χ1n) is 24.1. The van der Waals surface area contributed by atoms with E-state index in [2.05, 4.69) is 61.7 Å². The second-order valence-corrected chi connectivity index (χ2v) is 17.3. The molecule has 68 heavy (non-hydrogen) atoms. The van der Waals surface area contributed by atoms with Crippen LogP contribution < -0.4 is 89.2 Å². The number of hydrogen-bond donors (Lipinski definition) is 16. The predicted molar refractivity (Wildman–Crippen MR) is 272 cm³/mol. The van der Waals surface area contributed by atoms with Crippen LogP contribution in [0.25, 0.3) is 0 Å². The third kappa shape index (κ3) is 31.9. The first-order valence-corrected chi connectivity index (χ1v) is 24.1. The minimum atomic E-state index is -0.598. The molecule has 0 aromatic carbocycles. The van der Waals surface area contributed by atoms with Crippen LogP contribution >= 0.6 is 0 Å². The van der Waals surface area contributed by atoms with Gasteiger partial charge in [0, 0.05) is 104 Å². The molecular formula is C42H90N22O4. The fourth-order valence-electron chi connectivity index (χ4n) is 6.98. The number of nitrogens with two attached hydrogens (primary N) is 10. The van der Waals surface area contributed by atoms with Crippen LogP contribution in [0.15, 0.2) is 20.0 Å². The van der Waals surface area contributed by atoms with Crippen LogP contribution in [0.5, 0.6) is 0 Å². The van der Waals surface area contributed by atoms with Gasteiger partial charge >= 0.3 is 0 Å². The van der Waals surface area contributed by atoms with Crippen molar-refractivity contribution < 1.29 is 19.2 Å². The lowest BCUT2D eigenvalue weighted by atomic mass is 10.1. The normalized spacial score (nSPS) is 18.7. The monoisotopic (exact) mass is 967 g/mol. The van der Waals surface area contributed by atoms with Crippen molar-refractivity contribution in [2.45, 2.75) is 114 Å². The molecule has 0 spiro atoms. The summed E-state index contributed by atoms with van der Waals surface area (Å²) in [4.78, 5) is 69.2. The number of nitrogens with one attached hydrogen (secondary N) is 6. The number of carbonyl (C=O) groups excluding carboxylic acids is 4. The topological polar surface area (TPSA) is 457 Å². The largest absolute Gasteiger partial charge is 0.388 e. The highest BCUT2D eigenvalue weighted by Crippen LogP contribution is 2.04. The quantitative estimate of drug-likeness (QED) is 0.0169. The Morgan fingerprint density at radius 2 is 0.779 bits per heavy atom. The highest BCUT2D eigenvalue weighted by Gasteiger charge is 2.23. The summed E-state index contributed by atoms with van der Waals surface area (Å²) in [6.07, 6.45) is 6.74. The number of amidine groups is 2. The zero-order valence-electron chi connectivity index (χ0n) is 40.9. The van der Waals surface area contributed by atoms with Crippen LogP contribution in [0.1, 0.15) is 78.1 Å². The molecule has 0 aromatic rings. The first-order chi connectivity index (χ1) is 32.4. The Balaban J connectivity index is 0.000000685. The van der Waals surface area contributed by atoms with Crippen molar-refractivity contribution >= 4 is 47.2 Å². The lowest BCUT2D eigenvalue weighted by Crippen LogP contribution is -2.61. The Bertz CT molecular complexity index is 1420. The maximum Gasteiger partial charge on any atom is 0.236 e. The minimum Gasteiger partial charge on any atom is -0.388 e. The zero-order valence-corrected chi connectivity index (χ0v) is 40.9. The number of rotatable bonds is 32. The maximum atomic E-state index is 12.1. The van der Waals surface area contributed by atoms with Gasteiger partial charge in [-0.15, -0.1) is 0 Å². The smallest absolute Gasteiger partial charge is 0.236 e. The third-order valence-electron chi connectivity index (χ3n) is 11.1. The van der Waals surface area contributed by atoms with Gasteiger partial charge in [0.1, 0.15) is 0 Å². The first kappa shape index (κ1) is 61.1. The van der Waals surface area contributed by atoms with E-state index in [0.717, 1.165) is 58.5 Å². The Morgan fingerprint density at radius 3 is 1.06 bits per heavy atom. The van der Waals surface area contributed by atoms with Crippen molar-refractivity contribution in [2.75, 3.05) is 105 Å². The lowest BCUT2D eigenvalue weighted by molar-refractivity contribution is -0.123. The van der Waals surface area contributed by atoms with E-state index in [1.807, 2.05) is 0 Å². The molecular weight excluding hydrogens is 877 g/mol. The van der Waals surface area contributed by atoms with E-state index in [4.69, 9.17) is 57.3 Å². The van der Waals surface area contributed by atoms with Gasteiger partial charge in [-0.1, -0.05) is 0 Å². The van der Waals surface area contributed by atoms with E-state index in [0.29, 0.717) is 122 Å². The number of piperazine rings is 2. The molecule has 6 atom stereocenters. The van der Waals surface area contributed by atoms with Crippen LogP contribution in [0.4, 0.5) is 0 Å². The summed E-state index contributed by atoms with van der Waals surface area (Å²) in [7, 11) is 0. The molecule has 26 heteroatoms. The Morgan fingerprint density at radius 1 is 0.485 bits per heavy atom. The summed E-state index contributed by atoms with van der Waals surface area (Å²) in [5.74, 6) is 0.542. The van der Waals surface area contributed by atoms with Crippen molar-refractivity contribution in [3.63, 3.8) is 0 Å². The molecule has 2 rings (SSSR count). The van der Waals surface area contributed by atoms with E-state index in [9.17, 15) is 19.2 Å². The SMILES string of the molecule is CC(N)=NCCC[C@H](N)C(=O)NCCCN1CCN(CCCNC(=O)[C@@H](N)CCCN=C(N)N)CC1.CC(N)=NCCC[C@H](N)C(=O)NC[C@H]1CN[C@@H](CNC(=O)[C@@H](N)CCCN=C(N)N)CN1. The van der Waals surface area contributed by atoms with Crippen molar-refractivity contribution in [1.82, 2.24) is 41.7 Å². The third-order valence-corrected chi connectivity index (χ3v) is 11.1. The highest BCUT2D eigenvalue weighted by molar-refractivity contribution is 5.83. The van der Waals surface area contributed by atoms with Gasteiger partial charge in [-0.25, -0.2) is 0 Å². The molecule has 26 N–H and O–H groups in total. The molecule has 2 heterocycles. The number of guanidine groups is 2. The molecule has 4 amide bonds. The van der Waals surface area contributed by atoms with Gasteiger partial charge in [-0.2, -0.15) is 0 Å². The summed E-state index contributed by atoms with van der Waals surface area (Å²) in [6, 6.07) is -2.04. The van der Waals surface area contributed by atoms with Gasteiger partial charge in [0.2, 0.25) is 23.6 Å². The standard InChI is InChI=1S/C23H49N11O2.C19H41N11O2/c1-18(24)29-8-2-6-19(25)21(35)30-10-4-12-33-14-16-34(17-15-33)13-5-11-31-22(36)20(26)7-3-9-32-23(27)28;1-12(20)25-6-2-4-15(21)17(31)29-10-13-8-28-14(9-27-13)11-30-18(32)16(22)5-3-7-26-19(23)24/h19-20H,2-17,25-26H2,1H3,(H2,24,29)(H,30,35)(H,31,36)(H4,27,28,32);13-16,27-28H,2-11,21-22H2,1H3,(H2,20,25)(H,29,31)(H,30,32)(H4,23,24,26)/t19-,20-;13-,14-,15+,16+/m01/s1. The van der Waals surface area contributed by atoms with Gasteiger partial charge in [0.05, 0.1) is 35.8 Å². The van der Waals surface area contributed by atoms with Gasteiger partial charge in [-0.05, 0) is 91.1 Å². The molecule has 2 aliphatic rings. The van der Waals surface area contributed by atoms with E-state index in [1.54, 1.807) is 13.8 Å². The summed E-state index contributed by atoms with van der Waals surface area (Å²) >= 11 is 0. The van der Waals surface area contributed by atoms with Crippen molar-refractivity contribution in [2.24, 2.45) is 77.3 Å². The number of aliphatic imine (C=N–C) groups is 4. The second-order valence-electron chi connectivity index (χ2n) is 17.3. The summed E-state index contributed by atoms with van der Waals surface area (Å²) in [5, 5.41) is 18.3. The molecule has 2 saturated heterocycles. The van der Waals surface area contributed by atoms with Crippen LogP contribution in [-0.2, 0) is 19.2 Å². The van der Waals surface area contributed by atoms with Gasteiger partial charge in [0.15, 0.2) is 11.9 Å². The highest BCUT2D eigenvalue weighted by atomic mass is 16.2. The maximum absolute atomic E-state index is 12.1. The van der Waals surface area contributed by atoms with Crippen molar-refractivity contribution in [3.05, 3.63) is 0 Å². The number of nitrogens with zero attached hydrogens (tertiary/aromatic N) is 6. The van der Waals surface area contributed by atoms with Crippen molar-refractivity contribution in [1.29, 1.82) is 0 Å². The molecule has 2 fully saturated rings. The molecule has 0 aliphatic carbocycles. The number of amides is 4. The fourth-order valence-corrected chi connectivity index (χ4v) is 6.98. The molecule has 2 aliphatic heterocycles. The Hall–Kier alpha value is -4.96. The van der Waals surface area contributed by atoms with Crippen molar-refractivity contribution in [3.8, 4) is 0 Å². The van der Waals surface area contributed by atoms with Gasteiger partial charge < -0.3 is 99.0 Å². The molecule has 0 aromatic heterocycles. The number of carbonyl (C=O) groups is 4. The van der Waals surface area contributed by atoms with Crippen LogP contribution in [0, 0.1) is 0 Å². The molecule has 0 bridgehead atoms. The van der Waals surface area contributed by atoms with Gasteiger partial charge in [0.25, 0.3) is 0 Å². The van der Waals surface area contributed by atoms with Crippen LogP contribution in [0.3, 0.4) is 0 Å². The van der Waals surface area contributed by atoms with Gasteiger partial charge in [-0.3, -0.25) is 39.1 Å². The minimum absolute atomic E-state index is 0.0308. The zero-order chi connectivity index (χ0) is 50.7. The molecule has 392 valence electrons. The number of hydrogen-bond acceptors (Lipinski definition) is 16. The Labute approximate surface area is 403 Å². The average Bonchev–Trinajstić information content (AvgIpc) is 3.30. The van der Waals surface area contributed by atoms with E-state index < -0.39 is 24.2 Å². The lowest BCUT2D eigenvalue weighted by Gasteiger charge is -2.34. The van der Waals surface area contributed by atoms with Crippen LogP contribution in [-0.4, -0.2) is 198 Å². The molecule has 0 unspecified atom stereocenters. The van der Waals surface area contributed by atoms with E-state index in [1.165, 1.54) is 0 Å². The predicted octanol–water partition coefficient (Wildman–Crippen LogP) is -6.50. The molecule has 0 radical (unpaired) electrons. The average molecular weight is 967 g/mol. The van der Waals surface area contributed by atoms with E-state index >= 15 is 0 Å². The Kier molecular flexibility index (Phi) is 33.2.